The Balaban J connectivity index is 1.64. The van der Waals surface area contributed by atoms with E-state index in [1.165, 1.54) is 73.8 Å². The lowest BCUT2D eigenvalue weighted by molar-refractivity contribution is -0.384. The summed E-state index contributed by atoms with van der Waals surface area (Å²) in [7, 11) is 1.22. The molecule has 3 aromatic rings. The van der Waals surface area contributed by atoms with Gasteiger partial charge in [0.05, 0.1) is 23.3 Å². The molecule has 1 saturated heterocycles. The standard InChI is InChI=1S/C26H18ClN3O8/c1-37-25(33)16-5-8-19(9-6-16)29-24(32)21(23(31)28-26(29)34)13-17-12-18(27)7-10-22(17)38-14-15-3-2-4-20(11-15)30(35)36/h2-13H,14H2,1H3,(H,28,31,34)/b21-13+. The largest absolute Gasteiger partial charge is 0.488 e. The first-order valence-corrected chi connectivity index (χ1v) is 11.3. The molecule has 11 nitrogen and oxygen atoms in total. The average molecular weight is 536 g/mol. The number of nitro groups is 1. The summed E-state index contributed by atoms with van der Waals surface area (Å²) in [4.78, 5) is 61.3. The number of esters is 1. The SMILES string of the molecule is COC(=O)c1ccc(N2C(=O)NC(=O)/C(=C\c3cc(Cl)ccc3OCc3cccc([N+](=O)[O-])c3)C2=O)cc1. The van der Waals surface area contributed by atoms with Crippen LogP contribution < -0.4 is 15.0 Å². The molecule has 0 radical (unpaired) electrons. The number of non-ortho nitro benzene ring substituents is 1. The van der Waals surface area contributed by atoms with E-state index in [9.17, 15) is 29.3 Å². The van der Waals surface area contributed by atoms with E-state index in [-0.39, 0.29) is 45.5 Å². The van der Waals surface area contributed by atoms with Crippen molar-refractivity contribution < 1.29 is 33.6 Å². The van der Waals surface area contributed by atoms with Gasteiger partial charge in [0.25, 0.3) is 17.5 Å². The molecule has 0 aliphatic carbocycles. The zero-order valence-corrected chi connectivity index (χ0v) is 20.4. The number of methoxy groups -OCH3 is 1. The lowest BCUT2D eigenvalue weighted by atomic mass is 10.1. The molecule has 1 fully saturated rings. The van der Waals surface area contributed by atoms with E-state index in [1.54, 1.807) is 6.07 Å². The van der Waals surface area contributed by atoms with E-state index in [4.69, 9.17) is 16.3 Å². The fraction of sp³-hybridized carbons (Fsp3) is 0.0769. The van der Waals surface area contributed by atoms with Crippen LogP contribution in [0.25, 0.3) is 6.08 Å². The topological polar surface area (TPSA) is 145 Å². The van der Waals surface area contributed by atoms with Crippen molar-refractivity contribution in [3.63, 3.8) is 0 Å². The highest BCUT2D eigenvalue weighted by Crippen LogP contribution is 2.29. The van der Waals surface area contributed by atoms with Gasteiger partial charge in [-0.05, 0) is 54.1 Å². The molecule has 0 atom stereocenters. The number of amides is 4. The zero-order chi connectivity index (χ0) is 27.4. The van der Waals surface area contributed by atoms with Gasteiger partial charge in [0.2, 0.25) is 0 Å². The van der Waals surface area contributed by atoms with Crippen LogP contribution in [0.5, 0.6) is 5.75 Å². The quantitative estimate of drug-likeness (QED) is 0.155. The molecular weight excluding hydrogens is 518 g/mol. The number of imide groups is 2. The van der Waals surface area contributed by atoms with E-state index >= 15 is 0 Å². The van der Waals surface area contributed by atoms with Crippen LogP contribution in [-0.4, -0.2) is 35.8 Å². The van der Waals surface area contributed by atoms with Crippen molar-refractivity contribution in [2.75, 3.05) is 12.0 Å². The Morgan fingerprint density at radius 3 is 2.50 bits per heavy atom. The summed E-state index contributed by atoms with van der Waals surface area (Å²) in [5, 5.41) is 13.4. The fourth-order valence-corrected chi connectivity index (χ4v) is 3.78. The van der Waals surface area contributed by atoms with Crippen molar-refractivity contribution in [1.29, 1.82) is 0 Å². The minimum Gasteiger partial charge on any atom is -0.488 e. The summed E-state index contributed by atoms with van der Waals surface area (Å²) >= 11 is 6.13. The van der Waals surface area contributed by atoms with Gasteiger partial charge in [-0.2, -0.15) is 0 Å². The highest BCUT2D eigenvalue weighted by Gasteiger charge is 2.37. The third-order valence-corrected chi connectivity index (χ3v) is 5.67. The van der Waals surface area contributed by atoms with Gasteiger partial charge in [-0.25, -0.2) is 14.5 Å². The van der Waals surface area contributed by atoms with Gasteiger partial charge in [0.15, 0.2) is 0 Å². The van der Waals surface area contributed by atoms with Crippen molar-refractivity contribution in [2.45, 2.75) is 6.61 Å². The maximum Gasteiger partial charge on any atom is 0.337 e. The predicted octanol–water partition coefficient (Wildman–Crippen LogP) is 4.28. The van der Waals surface area contributed by atoms with E-state index in [2.05, 4.69) is 10.1 Å². The molecule has 0 aromatic heterocycles. The smallest absolute Gasteiger partial charge is 0.337 e. The predicted molar refractivity (Wildman–Crippen MR) is 136 cm³/mol. The summed E-state index contributed by atoms with van der Waals surface area (Å²) in [6.07, 6.45) is 1.23. The number of rotatable bonds is 7. The van der Waals surface area contributed by atoms with Crippen molar-refractivity contribution >= 4 is 52.9 Å². The molecule has 0 unspecified atom stereocenters. The number of nitrogens with zero attached hydrogens (tertiary/aromatic N) is 2. The van der Waals surface area contributed by atoms with Gasteiger partial charge in [0.1, 0.15) is 17.9 Å². The molecular formula is C26H18ClN3O8. The Morgan fingerprint density at radius 2 is 1.82 bits per heavy atom. The monoisotopic (exact) mass is 535 g/mol. The average Bonchev–Trinajstić information content (AvgIpc) is 2.90. The van der Waals surface area contributed by atoms with E-state index in [0.717, 1.165) is 4.90 Å². The second-order valence-corrected chi connectivity index (χ2v) is 8.33. The number of hydrogen-bond acceptors (Lipinski definition) is 8. The number of halogens is 1. The molecule has 1 N–H and O–H groups in total. The summed E-state index contributed by atoms with van der Waals surface area (Å²) in [6.45, 7) is -0.0449. The first-order valence-electron chi connectivity index (χ1n) is 10.9. The van der Waals surface area contributed by atoms with Gasteiger partial charge < -0.3 is 9.47 Å². The van der Waals surface area contributed by atoms with Crippen LogP contribution in [0.1, 0.15) is 21.5 Å². The fourth-order valence-electron chi connectivity index (χ4n) is 3.60. The number of nitro benzene ring substituents is 1. The van der Waals surface area contributed by atoms with Crippen molar-refractivity contribution in [3.8, 4) is 5.75 Å². The zero-order valence-electron chi connectivity index (χ0n) is 19.7. The maximum atomic E-state index is 13.2. The second kappa shape index (κ2) is 10.9. The first-order chi connectivity index (χ1) is 18.2. The number of carbonyl (C=O) groups excluding carboxylic acids is 4. The van der Waals surface area contributed by atoms with Crippen LogP contribution in [0.2, 0.25) is 5.02 Å². The molecule has 3 aromatic carbocycles. The molecule has 192 valence electrons. The Kier molecular flexibility index (Phi) is 7.49. The molecule has 0 bridgehead atoms. The van der Waals surface area contributed by atoms with E-state index in [1.807, 2.05) is 0 Å². The Labute approximate surface area is 220 Å². The van der Waals surface area contributed by atoms with Crippen LogP contribution in [0, 0.1) is 10.1 Å². The molecule has 1 aliphatic rings. The van der Waals surface area contributed by atoms with Gasteiger partial charge in [-0.1, -0.05) is 23.7 Å². The minimum absolute atomic E-state index is 0.0449. The number of anilines is 1. The van der Waals surface area contributed by atoms with E-state index in [0.29, 0.717) is 5.56 Å². The number of carbonyl (C=O) groups is 4. The summed E-state index contributed by atoms with van der Waals surface area (Å²) in [5.41, 5.74) is 0.634. The van der Waals surface area contributed by atoms with Gasteiger partial charge in [-0.3, -0.25) is 25.0 Å². The Hall–Kier alpha value is -5.03. The molecule has 0 saturated carbocycles. The molecule has 0 spiro atoms. The number of benzene rings is 3. The molecule has 4 amide bonds. The van der Waals surface area contributed by atoms with Crippen LogP contribution in [0.3, 0.4) is 0 Å². The third kappa shape index (κ3) is 5.52. The molecule has 38 heavy (non-hydrogen) atoms. The van der Waals surface area contributed by atoms with Crippen molar-refractivity contribution in [1.82, 2.24) is 5.32 Å². The van der Waals surface area contributed by atoms with E-state index < -0.39 is 28.7 Å². The van der Waals surface area contributed by atoms with Crippen LogP contribution in [-0.2, 0) is 20.9 Å². The molecule has 4 rings (SSSR count). The third-order valence-electron chi connectivity index (χ3n) is 5.44. The highest BCUT2D eigenvalue weighted by atomic mass is 35.5. The minimum atomic E-state index is -0.962. The Bertz CT molecular complexity index is 1500. The number of ether oxygens (including phenoxy) is 2. The lowest BCUT2D eigenvalue weighted by Crippen LogP contribution is -2.54. The molecule has 1 aliphatic heterocycles. The molecule has 12 heteroatoms. The van der Waals surface area contributed by atoms with Crippen LogP contribution in [0.4, 0.5) is 16.2 Å². The highest BCUT2D eigenvalue weighted by molar-refractivity contribution is 6.39. The summed E-state index contributed by atoms with van der Waals surface area (Å²) in [5.74, 6) is -2.19. The maximum absolute atomic E-state index is 13.2. The van der Waals surface area contributed by atoms with Crippen LogP contribution in [0.15, 0.2) is 72.3 Å². The number of hydrogen-bond donors (Lipinski definition) is 1. The first kappa shape index (κ1) is 26.0. The summed E-state index contributed by atoms with van der Waals surface area (Å²) in [6, 6.07) is 14.9. The second-order valence-electron chi connectivity index (χ2n) is 7.89. The van der Waals surface area contributed by atoms with Gasteiger partial charge in [-0.15, -0.1) is 0 Å². The normalized spacial score (nSPS) is 14.3. The van der Waals surface area contributed by atoms with Gasteiger partial charge >= 0.3 is 12.0 Å². The van der Waals surface area contributed by atoms with Crippen molar-refractivity contribution in [2.24, 2.45) is 0 Å². The van der Waals surface area contributed by atoms with Crippen LogP contribution >= 0.6 is 11.6 Å². The Morgan fingerprint density at radius 1 is 1.08 bits per heavy atom. The number of nitrogens with one attached hydrogen (secondary N) is 1. The van der Waals surface area contributed by atoms with Crippen molar-refractivity contribution in [3.05, 3.63) is 104 Å². The summed E-state index contributed by atoms with van der Waals surface area (Å²) < 4.78 is 10.5. The lowest BCUT2D eigenvalue weighted by Gasteiger charge is -2.26. The van der Waals surface area contributed by atoms with Gasteiger partial charge in [0, 0.05) is 22.7 Å². The number of urea groups is 1. The molecule has 1 heterocycles. The number of barbiturate groups is 1.